The van der Waals surface area contributed by atoms with Crippen molar-refractivity contribution >= 4 is 23.5 Å². The van der Waals surface area contributed by atoms with Gasteiger partial charge in [0.05, 0.1) is 10.7 Å². The number of fused-ring (bicyclic) bond motifs is 1. The van der Waals surface area contributed by atoms with Crippen LogP contribution in [0, 0.1) is 0 Å². The second-order valence-corrected chi connectivity index (χ2v) is 7.29. The lowest BCUT2D eigenvalue weighted by molar-refractivity contribution is 0.111. The minimum absolute atomic E-state index is 0.0147. The summed E-state index contributed by atoms with van der Waals surface area (Å²) in [6.45, 7) is 6.20. The molecule has 0 fully saturated rings. The van der Waals surface area contributed by atoms with Crippen molar-refractivity contribution in [2.45, 2.75) is 23.0 Å². The van der Waals surface area contributed by atoms with E-state index < -0.39 is 5.60 Å². The van der Waals surface area contributed by atoms with Gasteiger partial charge in [-0.1, -0.05) is 18.7 Å². The Hall–Kier alpha value is -0.580. The van der Waals surface area contributed by atoms with E-state index in [9.17, 15) is 5.11 Å². The molecule has 0 aromatic heterocycles. The first kappa shape index (κ1) is 14.8. The van der Waals surface area contributed by atoms with E-state index in [1.807, 2.05) is 35.7 Å². The molecule has 1 unspecified atom stereocenters. The number of thioether (sulfide) groups is 2. The summed E-state index contributed by atoms with van der Waals surface area (Å²) in [5.74, 6) is 0.929. The van der Waals surface area contributed by atoms with Crippen LogP contribution >= 0.6 is 23.5 Å². The normalized spacial score (nSPS) is 20.0. The van der Waals surface area contributed by atoms with Crippen LogP contribution in [-0.2, 0) is 9.68 Å². The number of aliphatic hydroxyl groups is 1. The Labute approximate surface area is 123 Å². The maximum Gasteiger partial charge on any atom is 0.124 e. The molecule has 0 aliphatic carbocycles. The van der Waals surface area contributed by atoms with Gasteiger partial charge in [-0.05, 0) is 37.1 Å². The quantitative estimate of drug-likeness (QED) is 0.677. The number of ether oxygens (including phenoxy) is 1. The zero-order chi connectivity index (χ0) is 14.1. The predicted molar refractivity (Wildman–Crippen MR) is 85.0 cm³/mol. The first-order valence-corrected chi connectivity index (χ1v) is 8.68. The van der Waals surface area contributed by atoms with E-state index in [-0.39, 0.29) is 4.08 Å². The van der Waals surface area contributed by atoms with Crippen LogP contribution in [0.15, 0.2) is 30.9 Å². The van der Waals surface area contributed by atoms with E-state index >= 15 is 0 Å². The van der Waals surface area contributed by atoms with Crippen LogP contribution in [0.5, 0.6) is 5.75 Å². The van der Waals surface area contributed by atoms with Gasteiger partial charge < -0.3 is 9.84 Å². The molecular weight excluding hydrogens is 276 g/mol. The molecule has 0 amide bonds. The van der Waals surface area contributed by atoms with Crippen LogP contribution in [0.1, 0.15) is 24.5 Å². The SMILES string of the molecule is C=CC(C)(O)c1ccc2c(c1)C(SC)(SC)CCO2. The Bertz CT molecular complexity index is 479. The van der Waals surface area contributed by atoms with Gasteiger partial charge in [0.1, 0.15) is 11.4 Å². The van der Waals surface area contributed by atoms with Gasteiger partial charge in [0.2, 0.25) is 0 Å². The molecule has 1 atom stereocenters. The van der Waals surface area contributed by atoms with E-state index in [0.717, 1.165) is 24.3 Å². The van der Waals surface area contributed by atoms with Crippen molar-refractivity contribution in [3.63, 3.8) is 0 Å². The highest BCUT2D eigenvalue weighted by Gasteiger charge is 2.37. The molecule has 0 spiro atoms. The lowest BCUT2D eigenvalue weighted by Gasteiger charge is -2.37. The Morgan fingerprint density at radius 3 is 2.68 bits per heavy atom. The summed E-state index contributed by atoms with van der Waals surface area (Å²) in [6.07, 6.45) is 6.80. The van der Waals surface area contributed by atoms with Crippen molar-refractivity contribution in [2.75, 3.05) is 19.1 Å². The summed E-state index contributed by atoms with van der Waals surface area (Å²) in [6, 6.07) is 5.93. The Balaban J connectivity index is 2.56. The zero-order valence-electron chi connectivity index (χ0n) is 11.6. The maximum absolute atomic E-state index is 10.3. The van der Waals surface area contributed by atoms with E-state index in [4.69, 9.17) is 4.74 Å². The average Bonchev–Trinajstić information content (AvgIpc) is 2.46. The van der Waals surface area contributed by atoms with E-state index in [1.54, 1.807) is 13.0 Å². The van der Waals surface area contributed by atoms with Gasteiger partial charge in [-0.3, -0.25) is 0 Å². The van der Waals surface area contributed by atoms with Crippen LogP contribution in [-0.4, -0.2) is 24.2 Å². The Morgan fingerprint density at radius 2 is 2.11 bits per heavy atom. The molecule has 104 valence electrons. The van der Waals surface area contributed by atoms with Gasteiger partial charge in [0.25, 0.3) is 0 Å². The Kier molecular flexibility index (Phi) is 4.23. The standard InChI is InChI=1S/C15H20O2S2/c1-5-14(2,16)11-6-7-13-12(10-11)15(18-3,19-4)8-9-17-13/h5-7,10,16H,1,8-9H2,2-4H3. The van der Waals surface area contributed by atoms with Crippen molar-refractivity contribution in [3.05, 3.63) is 42.0 Å². The molecule has 1 aromatic carbocycles. The summed E-state index contributed by atoms with van der Waals surface area (Å²) in [4.78, 5) is 0. The summed E-state index contributed by atoms with van der Waals surface area (Å²) < 4.78 is 5.76. The van der Waals surface area contributed by atoms with Crippen LogP contribution < -0.4 is 4.74 Å². The third kappa shape index (κ3) is 2.54. The predicted octanol–water partition coefficient (Wildman–Crippen LogP) is 3.74. The summed E-state index contributed by atoms with van der Waals surface area (Å²) in [7, 11) is 0. The first-order chi connectivity index (χ1) is 8.99. The van der Waals surface area contributed by atoms with Gasteiger partial charge in [-0.2, -0.15) is 0 Å². The molecule has 2 rings (SSSR count). The van der Waals surface area contributed by atoms with Gasteiger partial charge in [-0.25, -0.2) is 0 Å². The minimum atomic E-state index is -1.00. The highest BCUT2D eigenvalue weighted by atomic mass is 32.2. The molecule has 1 aliphatic heterocycles. The highest BCUT2D eigenvalue weighted by Crippen LogP contribution is 2.53. The average molecular weight is 296 g/mol. The third-order valence-corrected chi connectivity index (χ3v) is 6.89. The lowest BCUT2D eigenvalue weighted by atomic mass is 9.92. The molecule has 0 saturated carbocycles. The van der Waals surface area contributed by atoms with Crippen molar-refractivity contribution in [1.82, 2.24) is 0 Å². The number of hydrogen-bond donors (Lipinski definition) is 1. The summed E-state index contributed by atoms with van der Waals surface area (Å²) in [5.41, 5.74) is 1.02. The fourth-order valence-electron chi connectivity index (χ4n) is 2.32. The zero-order valence-corrected chi connectivity index (χ0v) is 13.2. The molecule has 0 radical (unpaired) electrons. The first-order valence-electron chi connectivity index (χ1n) is 6.23. The maximum atomic E-state index is 10.3. The van der Waals surface area contributed by atoms with Crippen molar-refractivity contribution in [3.8, 4) is 5.75 Å². The molecule has 19 heavy (non-hydrogen) atoms. The fraction of sp³-hybridized carbons (Fsp3) is 0.467. The lowest BCUT2D eigenvalue weighted by Crippen LogP contribution is -2.27. The number of hydrogen-bond acceptors (Lipinski definition) is 4. The largest absolute Gasteiger partial charge is 0.493 e. The van der Waals surface area contributed by atoms with Crippen LogP contribution in [0.4, 0.5) is 0 Å². The van der Waals surface area contributed by atoms with E-state index in [0.29, 0.717) is 0 Å². The molecule has 1 aliphatic rings. The van der Waals surface area contributed by atoms with Crippen LogP contribution in [0.3, 0.4) is 0 Å². The molecule has 1 N–H and O–H groups in total. The molecule has 0 saturated heterocycles. The van der Waals surface area contributed by atoms with E-state index in [2.05, 4.69) is 25.2 Å². The van der Waals surface area contributed by atoms with Gasteiger partial charge >= 0.3 is 0 Å². The molecule has 4 heteroatoms. The van der Waals surface area contributed by atoms with Gasteiger partial charge in [0, 0.05) is 12.0 Å². The van der Waals surface area contributed by atoms with Crippen molar-refractivity contribution in [2.24, 2.45) is 0 Å². The molecule has 1 heterocycles. The van der Waals surface area contributed by atoms with E-state index in [1.165, 1.54) is 5.56 Å². The second kappa shape index (κ2) is 5.43. The molecule has 0 bridgehead atoms. The van der Waals surface area contributed by atoms with Crippen LogP contribution in [0.25, 0.3) is 0 Å². The number of rotatable bonds is 4. The number of benzene rings is 1. The Morgan fingerprint density at radius 1 is 1.42 bits per heavy atom. The fourth-order valence-corrected chi connectivity index (χ4v) is 4.32. The summed E-state index contributed by atoms with van der Waals surface area (Å²) in [5, 5.41) is 10.3. The monoisotopic (exact) mass is 296 g/mol. The second-order valence-electron chi connectivity index (χ2n) is 4.82. The molecule has 2 nitrogen and oxygen atoms in total. The van der Waals surface area contributed by atoms with Crippen LogP contribution in [0.2, 0.25) is 0 Å². The van der Waals surface area contributed by atoms with Gasteiger partial charge in [0.15, 0.2) is 0 Å². The van der Waals surface area contributed by atoms with Crippen molar-refractivity contribution in [1.29, 1.82) is 0 Å². The topological polar surface area (TPSA) is 29.5 Å². The molecule has 1 aromatic rings. The highest BCUT2D eigenvalue weighted by molar-refractivity contribution is 8.16. The third-order valence-electron chi connectivity index (χ3n) is 3.72. The molecular formula is C15H20O2S2. The minimum Gasteiger partial charge on any atom is -0.493 e. The van der Waals surface area contributed by atoms with Gasteiger partial charge in [-0.15, -0.1) is 23.5 Å². The van der Waals surface area contributed by atoms with Crippen molar-refractivity contribution < 1.29 is 9.84 Å². The smallest absolute Gasteiger partial charge is 0.124 e. The summed E-state index contributed by atoms with van der Waals surface area (Å²) >= 11 is 3.68.